The van der Waals surface area contributed by atoms with E-state index in [4.69, 9.17) is 9.47 Å². The summed E-state index contributed by atoms with van der Waals surface area (Å²) >= 11 is 0. The average molecular weight is 652 g/mol. The number of nitrogens with one attached hydrogen (secondary N) is 1. The molecule has 3 heterocycles. The molecule has 2 N–H and O–H groups in total. The Morgan fingerprint density at radius 3 is 2.49 bits per heavy atom. The normalized spacial score (nSPS) is 25.7. The number of amides is 3. The van der Waals surface area contributed by atoms with E-state index >= 15 is 0 Å². The van der Waals surface area contributed by atoms with Crippen molar-refractivity contribution in [3.05, 3.63) is 61.2 Å². The first-order valence-electron chi connectivity index (χ1n) is 16.9. The third-order valence-corrected chi connectivity index (χ3v) is 9.62. The number of hydrogen-bond donors (Lipinski definition) is 2. The standard InChI is InChI=1S/C37H53N3O7/c1-8-10-17-28(42)38-23-27(25-15-12-11-13-16-25)46-34(45)29-26-18-19-37(47-26)30(29)32(43)39(21-14-22-41)31(37)33(44)40(20-9-2)36(6,7)24-35(3,4)5/h8-9,11-13,15-16,26-27,29-31,41H,1-2,10,14,17-24H2,3-7H3,(H,38,42)/t26-,27-,29+,30+,31-,37+/m0/s1. The third kappa shape index (κ3) is 7.64. The van der Waals surface area contributed by atoms with E-state index in [0.29, 0.717) is 31.2 Å². The molecule has 2 bridgehead atoms. The van der Waals surface area contributed by atoms with Crippen molar-refractivity contribution < 1.29 is 33.8 Å². The van der Waals surface area contributed by atoms with Gasteiger partial charge in [-0.05, 0) is 56.9 Å². The van der Waals surface area contributed by atoms with E-state index in [9.17, 15) is 24.3 Å². The van der Waals surface area contributed by atoms with Crippen molar-refractivity contribution in [2.45, 2.75) is 103 Å². The van der Waals surface area contributed by atoms with Crippen LogP contribution in [0.2, 0.25) is 0 Å². The predicted octanol–water partition coefficient (Wildman–Crippen LogP) is 4.34. The molecule has 0 radical (unpaired) electrons. The molecular weight excluding hydrogens is 598 g/mol. The first-order chi connectivity index (χ1) is 22.2. The molecule has 0 unspecified atom stereocenters. The fourth-order valence-corrected chi connectivity index (χ4v) is 8.13. The molecule has 3 aliphatic heterocycles. The Balaban J connectivity index is 1.66. The van der Waals surface area contributed by atoms with Crippen LogP contribution < -0.4 is 5.32 Å². The lowest BCUT2D eigenvalue weighted by molar-refractivity contribution is -0.160. The van der Waals surface area contributed by atoms with Crippen LogP contribution in [-0.2, 0) is 28.7 Å². The number of likely N-dealkylation sites (tertiary alicyclic amines) is 1. The van der Waals surface area contributed by atoms with Gasteiger partial charge in [-0.3, -0.25) is 19.2 Å². The van der Waals surface area contributed by atoms with E-state index in [1.165, 1.54) is 4.90 Å². The van der Waals surface area contributed by atoms with Gasteiger partial charge >= 0.3 is 5.97 Å². The highest BCUT2D eigenvalue weighted by atomic mass is 16.6. The van der Waals surface area contributed by atoms with Crippen LogP contribution in [0.3, 0.4) is 0 Å². The topological polar surface area (TPSA) is 125 Å². The molecule has 10 nitrogen and oxygen atoms in total. The first-order valence-corrected chi connectivity index (χ1v) is 16.9. The number of nitrogens with zero attached hydrogens (tertiary/aromatic N) is 2. The number of fused-ring (bicyclic) bond motifs is 1. The summed E-state index contributed by atoms with van der Waals surface area (Å²) in [6, 6.07) is 8.21. The Morgan fingerprint density at radius 1 is 1.17 bits per heavy atom. The van der Waals surface area contributed by atoms with E-state index < -0.39 is 47.2 Å². The van der Waals surface area contributed by atoms with Crippen molar-refractivity contribution in [2.24, 2.45) is 17.3 Å². The van der Waals surface area contributed by atoms with Crippen LogP contribution in [0.5, 0.6) is 0 Å². The third-order valence-electron chi connectivity index (χ3n) is 9.62. The SMILES string of the molecule is C=CCCC(=O)NC[C@H](OC(=O)[C@@H]1[C@@H]2CC[C@]3(O2)[C@H](C(=O)N(CC=C)C(C)(C)CC(C)(C)C)N(CCCO)C(=O)[C@@H]13)c1ccccc1. The van der Waals surface area contributed by atoms with Crippen molar-refractivity contribution in [1.82, 2.24) is 15.1 Å². The van der Waals surface area contributed by atoms with E-state index in [-0.39, 0.29) is 62.2 Å². The van der Waals surface area contributed by atoms with Crippen molar-refractivity contribution in [3.63, 3.8) is 0 Å². The highest BCUT2D eigenvalue weighted by molar-refractivity contribution is 5.98. The van der Waals surface area contributed by atoms with Gasteiger partial charge in [0, 0.05) is 31.7 Å². The van der Waals surface area contributed by atoms with Gasteiger partial charge in [0.05, 0.1) is 24.5 Å². The maximum atomic E-state index is 14.8. The summed E-state index contributed by atoms with van der Waals surface area (Å²) in [5.74, 6) is -3.17. The number of aliphatic hydroxyl groups excluding tert-OH is 1. The Labute approximate surface area is 279 Å². The Kier molecular flexibility index (Phi) is 11.4. The molecule has 3 amide bonds. The monoisotopic (exact) mass is 651 g/mol. The molecule has 1 aromatic rings. The zero-order chi connectivity index (χ0) is 34.6. The molecule has 0 aromatic heterocycles. The summed E-state index contributed by atoms with van der Waals surface area (Å²) in [5.41, 5.74) is -1.14. The number of esters is 1. The van der Waals surface area contributed by atoms with Crippen LogP contribution in [0.25, 0.3) is 0 Å². The van der Waals surface area contributed by atoms with Crippen LogP contribution in [0, 0.1) is 17.3 Å². The second-order valence-electron chi connectivity index (χ2n) is 14.9. The predicted molar refractivity (Wildman–Crippen MR) is 179 cm³/mol. The molecule has 3 fully saturated rings. The Bertz CT molecular complexity index is 1320. The molecule has 6 atom stereocenters. The maximum Gasteiger partial charge on any atom is 0.313 e. The lowest BCUT2D eigenvalue weighted by Gasteiger charge is -2.45. The molecule has 0 saturated carbocycles. The number of carbonyl (C=O) groups is 4. The van der Waals surface area contributed by atoms with Crippen LogP contribution in [0.15, 0.2) is 55.6 Å². The molecule has 10 heteroatoms. The average Bonchev–Trinajstić information content (AvgIpc) is 3.65. The molecule has 3 saturated heterocycles. The Morgan fingerprint density at radius 2 is 1.87 bits per heavy atom. The number of hydrogen-bond acceptors (Lipinski definition) is 7. The fourth-order valence-electron chi connectivity index (χ4n) is 8.13. The largest absolute Gasteiger partial charge is 0.455 e. The molecule has 3 aliphatic rings. The summed E-state index contributed by atoms with van der Waals surface area (Å²) in [5, 5.41) is 12.6. The van der Waals surface area contributed by atoms with E-state index in [1.807, 2.05) is 44.2 Å². The molecule has 0 aliphatic carbocycles. The fraction of sp³-hybridized carbons (Fsp3) is 0.622. The van der Waals surface area contributed by atoms with Gasteiger partial charge in [-0.2, -0.15) is 0 Å². The minimum atomic E-state index is -1.20. The maximum absolute atomic E-state index is 14.8. The highest BCUT2D eigenvalue weighted by Crippen LogP contribution is 2.59. The van der Waals surface area contributed by atoms with Crippen molar-refractivity contribution in [1.29, 1.82) is 0 Å². The van der Waals surface area contributed by atoms with Gasteiger partial charge in [-0.15, -0.1) is 13.2 Å². The minimum absolute atomic E-state index is 0.0663. The van der Waals surface area contributed by atoms with Crippen molar-refractivity contribution >= 4 is 23.7 Å². The smallest absolute Gasteiger partial charge is 0.313 e. The van der Waals surface area contributed by atoms with Gasteiger partial charge in [0.25, 0.3) is 0 Å². The van der Waals surface area contributed by atoms with Crippen LogP contribution in [-0.4, -0.2) is 88.1 Å². The summed E-state index contributed by atoms with van der Waals surface area (Å²) in [4.78, 5) is 58.9. The van der Waals surface area contributed by atoms with Gasteiger partial charge in [-0.25, -0.2) is 0 Å². The van der Waals surface area contributed by atoms with Gasteiger partial charge in [0.15, 0.2) is 0 Å². The number of allylic oxidation sites excluding steroid dienone is 1. The van der Waals surface area contributed by atoms with E-state index in [0.717, 1.165) is 0 Å². The van der Waals surface area contributed by atoms with Crippen LogP contribution in [0.4, 0.5) is 0 Å². The summed E-state index contributed by atoms with van der Waals surface area (Å²) in [6.07, 6.45) is 4.73. The van der Waals surface area contributed by atoms with E-state index in [1.54, 1.807) is 17.1 Å². The minimum Gasteiger partial charge on any atom is -0.455 e. The summed E-state index contributed by atoms with van der Waals surface area (Å²) < 4.78 is 12.7. The second kappa shape index (κ2) is 14.7. The molecule has 4 rings (SSSR count). The lowest BCUT2D eigenvalue weighted by atomic mass is 9.70. The summed E-state index contributed by atoms with van der Waals surface area (Å²) in [7, 11) is 0. The molecule has 47 heavy (non-hydrogen) atoms. The van der Waals surface area contributed by atoms with Gasteiger partial charge < -0.3 is 29.7 Å². The highest BCUT2D eigenvalue weighted by Gasteiger charge is 2.75. The summed E-state index contributed by atoms with van der Waals surface area (Å²) in [6.45, 7) is 18.4. The molecule has 258 valence electrons. The van der Waals surface area contributed by atoms with E-state index in [2.05, 4.69) is 39.2 Å². The van der Waals surface area contributed by atoms with Gasteiger partial charge in [0.1, 0.15) is 17.7 Å². The molecule has 1 spiro atoms. The second-order valence-corrected chi connectivity index (χ2v) is 14.9. The zero-order valence-corrected chi connectivity index (χ0v) is 28.7. The number of benzene rings is 1. The number of rotatable bonds is 16. The number of carbonyl (C=O) groups excluding carboxylic acids is 4. The number of aliphatic hydroxyl groups is 1. The molecular formula is C37H53N3O7. The van der Waals surface area contributed by atoms with Crippen molar-refractivity contribution in [2.75, 3.05) is 26.2 Å². The lowest BCUT2D eigenvalue weighted by Crippen LogP contribution is -2.61. The molecule has 1 aromatic carbocycles. The first kappa shape index (κ1) is 36.3. The quantitative estimate of drug-likeness (QED) is 0.201. The van der Waals surface area contributed by atoms with Gasteiger partial charge in [0.2, 0.25) is 17.7 Å². The Hall–Kier alpha value is -3.50. The van der Waals surface area contributed by atoms with Crippen LogP contribution >= 0.6 is 0 Å². The van der Waals surface area contributed by atoms with Crippen molar-refractivity contribution in [3.8, 4) is 0 Å². The van der Waals surface area contributed by atoms with Gasteiger partial charge in [-0.1, -0.05) is 63.3 Å². The van der Waals surface area contributed by atoms with Crippen LogP contribution in [0.1, 0.15) is 84.8 Å². The number of ether oxygens (including phenoxy) is 2. The zero-order valence-electron chi connectivity index (χ0n) is 28.7.